The molecule has 0 aromatic carbocycles. The minimum absolute atomic E-state index is 0.113. The molecule has 98 valence electrons. The van der Waals surface area contributed by atoms with E-state index in [9.17, 15) is 9.90 Å². The number of ether oxygens (including phenoxy) is 1. The number of hydrogen-bond donors (Lipinski definition) is 1. The van der Waals surface area contributed by atoms with E-state index in [1.54, 1.807) is 0 Å². The SMILES string of the molecule is C=C(C(=O)OC(C)CC)C(O)C1CCCCC1. The Kier molecular flexibility index (Phi) is 5.69. The lowest BCUT2D eigenvalue weighted by atomic mass is 9.83. The van der Waals surface area contributed by atoms with Crippen molar-refractivity contribution in [1.29, 1.82) is 0 Å². The summed E-state index contributed by atoms with van der Waals surface area (Å²) < 4.78 is 5.17. The number of esters is 1. The van der Waals surface area contributed by atoms with Crippen LogP contribution < -0.4 is 0 Å². The predicted molar refractivity (Wildman–Crippen MR) is 67.6 cm³/mol. The minimum Gasteiger partial charge on any atom is -0.459 e. The van der Waals surface area contributed by atoms with Crippen molar-refractivity contribution in [2.75, 3.05) is 0 Å². The van der Waals surface area contributed by atoms with Crippen LogP contribution in [0.15, 0.2) is 12.2 Å². The third kappa shape index (κ3) is 4.15. The van der Waals surface area contributed by atoms with Gasteiger partial charge in [-0.05, 0) is 32.1 Å². The van der Waals surface area contributed by atoms with Gasteiger partial charge in [-0.15, -0.1) is 0 Å². The Balaban J connectivity index is 2.47. The summed E-state index contributed by atoms with van der Waals surface area (Å²) in [4.78, 5) is 11.7. The highest BCUT2D eigenvalue weighted by atomic mass is 16.5. The summed E-state index contributed by atoms with van der Waals surface area (Å²) >= 11 is 0. The van der Waals surface area contributed by atoms with Crippen molar-refractivity contribution in [3.63, 3.8) is 0 Å². The third-order valence-corrected chi connectivity index (χ3v) is 3.60. The summed E-state index contributed by atoms with van der Waals surface area (Å²) in [5.41, 5.74) is 0.220. The molecular weight excluding hydrogens is 216 g/mol. The van der Waals surface area contributed by atoms with Gasteiger partial charge in [0.05, 0.1) is 17.8 Å². The van der Waals surface area contributed by atoms with Crippen LogP contribution in [-0.2, 0) is 9.53 Å². The van der Waals surface area contributed by atoms with Gasteiger partial charge in [0.1, 0.15) is 0 Å². The van der Waals surface area contributed by atoms with Crippen LogP contribution in [-0.4, -0.2) is 23.3 Å². The van der Waals surface area contributed by atoms with Gasteiger partial charge in [-0.2, -0.15) is 0 Å². The molecule has 0 spiro atoms. The summed E-state index contributed by atoms with van der Waals surface area (Å²) in [5.74, 6) is -0.266. The maximum atomic E-state index is 11.7. The molecular formula is C14H24O3. The van der Waals surface area contributed by atoms with Crippen LogP contribution in [0.25, 0.3) is 0 Å². The fraction of sp³-hybridized carbons (Fsp3) is 0.786. The van der Waals surface area contributed by atoms with E-state index in [0.717, 1.165) is 32.1 Å². The highest BCUT2D eigenvalue weighted by molar-refractivity contribution is 5.89. The number of aliphatic hydroxyl groups is 1. The normalized spacial score (nSPS) is 20.6. The molecule has 2 atom stereocenters. The number of aliphatic hydroxyl groups excluding tert-OH is 1. The Morgan fingerprint density at radius 3 is 2.53 bits per heavy atom. The molecule has 1 N–H and O–H groups in total. The lowest BCUT2D eigenvalue weighted by Gasteiger charge is -2.27. The van der Waals surface area contributed by atoms with E-state index in [1.807, 2.05) is 13.8 Å². The Labute approximate surface area is 104 Å². The monoisotopic (exact) mass is 240 g/mol. The molecule has 0 heterocycles. The van der Waals surface area contributed by atoms with Gasteiger partial charge < -0.3 is 9.84 Å². The molecule has 0 bridgehead atoms. The Hall–Kier alpha value is -0.830. The molecule has 1 saturated carbocycles. The quantitative estimate of drug-likeness (QED) is 0.593. The van der Waals surface area contributed by atoms with Gasteiger partial charge in [-0.1, -0.05) is 32.8 Å². The number of carbonyl (C=O) groups is 1. The maximum absolute atomic E-state index is 11.7. The number of carbonyl (C=O) groups excluding carboxylic acids is 1. The summed E-state index contributed by atoms with van der Waals surface area (Å²) in [6, 6.07) is 0. The molecule has 0 aromatic rings. The molecule has 1 aliphatic rings. The molecule has 0 radical (unpaired) electrons. The lowest BCUT2D eigenvalue weighted by Crippen LogP contribution is -2.30. The molecule has 1 rings (SSSR count). The first-order valence-corrected chi connectivity index (χ1v) is 6.64. The van der Waals surface area contributed by atoms with E-state index >= 15 is 0 Å². The van der Waals surface area contributed by atoms with E-state index in [1.165, 1.54) is 6.42 Å². The van der Waals surface area contributed by atoms with Crippen LogP contribution >= 0.6 is 0 Å². The van der Waals surface area contributed by atoms with Crippen LogP contribution in [0, 0.1) is 5.92 Å². The topological polar surface area (TPSA) is 46.5 Å². The van der Waals surface area contributed by atoms with Crippen LogP contribution in [0.4, 0.5) is 0 Å². The largest absolute Gasteiger partial charge is 0.459 e. The molecule has 3 nitrogen and oxygen atoms in total. The standard InChI is InChI=1S/C14H24O3/c1-4-10(2)17-14(16)11(3)13(15)12-8-6-5-7-9-12/h10,12-13,15H,3-9H2,1-2H3. The van der Waals surface area contributed by atoms with Crippen LogP contribution in [0.3, 0.4) is 0 Å². The molecule has 0 saturated heterocycles. The second-order valence-corrected chi connectivity index (χ2v) is 4.99. The van der Waals surface area contributed by atoms with Gasteiger partial charge in [0.25, 0.3) is 0 Å². The van der Waals surface area contributed by atoms with E-state index in [4.69, 9.17) is 4.74 Å². The summed E-state index contributed by atoms with van der Waals surface area (Å²) in [7, 11) is 0. The Morgan fingerprint density at radius 1 is 1.41 bits per heavy atom. The molecule has 0 amide bonds. The highest BCUT2D eigenvalue weighted by Gasteiger charge is 2.28. The van der Waals surface area contributed by atoms with E-state index in [2.05, 4.69) is 6.58 Å². The van der Waals surface area contributed by atoms with Gasteiger partial charge in [-0.3, -0.25) is 0 Å². The smallest absolute Gasteiger partial charge is 0.336 e. The zero-order chi connectivity index (χ0) is 12.8. The minimum atomic E-state index is -0.730. The van der Waals surface area contributed by atoms with Crippen molar-refractivity contribution in [3.05, 3.63) is 12.2 Å². The van der Waals surface area contributed by atoms with Gasteiger partial charge in [0.2, 0.25) is 0 Å². The van der Waals surface area contributed by atoms with E-state index in [0.29, 0.717) is 0 Å². The Morgan fingerprint density at radius 2 is 2.00 bits per heavy atom. The molecule has 2 unspecified atom stereocenters. The third-order valence-electron chi connectivity index (χ3n) is 3.60. The van der Waals surface area contributed by atoms with E-state index < -0.39 is 12.1 Å². The Bertz CT molecular complexity index is 267. The maximum Gasteiger partial charge on any atom is 0.336 e. The van der Waals surface area contributed by atoms with Crippen LogP contribution in [0.1, 0.15) is 52.4 Å². The lowest BCUT2D eigenvalue weighted by molar-refractivity contribution is -0.145. The molecule has 0 aliphatic heterocycles. The van der Waals surface area contributed by atoms with Gasteiger partial charge in [-0.25, -0.2) is 4.79 Å². The summed E-state index contributed by atoms with van der Waals surface area (Å²) in [5, 5.41) is 10.1. The molecule has 17 heavy (non-hydrogen) atoms. The number of rotatable bonds is 5. The average molecular weight is 240 g/mol. The van der Waals surface area contributed by atoms with Crippen molar-refractivity contribution in [1.82, 2.24) is 0 Å². The first-order chi connectivity index (χ1) is 8.06. The van der Waals surface area contributed by atoms with Gasteiger partial charge in [0.15, 0.2) is 0 Å². The highest BCUT2D eigenvalue weighted by Crippen LogP contribution is 2.29. The first-order valence-electron chi connectivity index (χ1n) is 6.64. The van der Waals surface area contributed by atoms with Crippen molar-refractivity contribution in [3.8, 4) is 0 Å². The van der Waals surface area contributed by atoms with Crippen molar-refractivity contribution in [2.45, 2.75) is 64.6 Å². The van der Waals surface area contributed by atoms with Crippen LogP contribution in [0.2, 0.25) is 0 Å². The van der Waals surface area contributed by atoms with Crippen LogP contribution in [0.5, 0.6) is 0 Å². The first kappa shape index (κ1) is 14.2. The summed E-state index contributed by atoms with van der Waals surface area (Å²) in [6.07, 6.45) is 5.40. The van der Waals surface area contributed by atoms with Crippen molar-refractivity contribution >= 4 is 5.97 Å². The average Bonchev–Trinajstić information content (AvgIpc) is 2.37. The van der Waals surface area contributed by atoms with E-state index in [-0.39, 0.29) is 17.6 Å². The van der Waals surface area contributed by atoms with Gasteiger partial charge in [0, 0.05) is 0 Å². The fourth-order valence-electron chi connectivity index (χ4n) is 2.20. The van der Waals surface area contributed by atoms with Crippen molar-refractivity contribution in [2.24, 2.45) is 5.92 Å². The molecule has 1 fully saturated rings. The van der Waals surface area contributed by atoms with Crippen molar-refractivity contribution < 1.29 is 14.6 Å². The molecule has 0 aromatic heterocycles. The predicted octanol–water partition coefficient (Wildman–Crippen LogP) is 2.83. The molecule has 1 aliphatic carbocycles. The number of hydrogen-bond acceptors (Lipinski definition) is 3. The summed E-state index contributed by atoms with van der Waals surface area (Å²) in [6.45, 7) is 7.49. The fourth-order valence-corrected chi connectivity index (χ4v) is 2.20. The molecule has 3 heteroatoms. The zero-order valence-electron chi connectivity index (χ0n) is 10.9. The van der Waals surface area contributed by atoms with Gasteiger partial charge >= 0.3 is 5.97 Å². The zero-order valence-corrected chi connectivity index (χ0v) is 10.9. The second-order valence-electron chi connectivity index (χ2n) is 4.99. The second kappa shape index (κ2) is 6.80.